The number of nitrogens with zero attached hydrogens (tertiary/aromatic N) is 1. The molecule has 0 unspecified atom stereocenters. The topological polar surface area (TPSA) is 12.9 Å². The van der Waals surface area contributed by atoms with Crippen LogP contribution in [0.2, 0.25) is 0 Å². The molecule has 16 heavy (non-hydrogen) atoms. The molecule has 2 rings (SSSR count). The summed E-state index contributed by atoms with van der Waals surface area (Å²) in [5.74, 6) is 1.82. The first-order valence-corrected chi connectivity index (χ1v) is 7.61. The van der Waals surface area contributed by atoms with Gasteiger partial charge >= 0.3 is 0 Å². The molecule has 0 fully saturated rings. The van der Waals surface area contributed by atoms with Crippen LogP contribution in [0.5, 0.6) is 0 Å². The molecule has 0 saturated heterocycles. The molecule has 4 heteroatoms. The molecule has 0 spiro atoms. The Morgan fingerprint density at radius 3 is 2.62 bits per heavy atom. The lowest BCUT2D eigenvalue weighted by molar-refractivity contribution is 1.24. The van der Waals surface area contributed by atoms with Crippen molar-refractivity contribution in [1.29, 1.82) is 0 Å². The van der Waals surface area contributed by atoms with Crippen molar-refractivity contribution in [1.82, 2.24) is 4.98 Å². The van der Waals surface area contributed by atoms with Crippen LogP contribution in [0.25, 0.3) is 10.6 Å². The second-order valence-electron chi connectivity index (χ2n) is 3.26. The van der Waals surface area contributed by atoms with Gasteiger partial charge in [-0.1, -0.05) is 19.1 Å². The van der Waals surface area contributed by atoms with E-state index in [4.69, 9.17) is 0 Å². The van der Waals surface area contributed by atoms with E-state index in [0.29, 0.717) is 5.75 Å². The first-order chi connectivity index (χ1) is 7.83. The number of hydrogen-bond acceptors (Lipinski definition) is 4. The van der Waals surface area contributed by atoms with E-state index in [9.17, 15) is 0 Å². The van der Waals surface area contributed by atoms with Gasteiger partial charge in [0.15, 0.2) is 0 Å². The van der Waals surface area contributed by atoms with Crippen molar-refractivity contribution in [3.63, 3.8) is 0 Å². The lowest BCUT2D eigenvalue weighted by Crippen LogP contribution is -1.80. The van der Waals surface area contributed by atoms with Gasteiger partial charge in [-0.25, -0.2) is 4.98 Å². The number of hydrogen-bond donors (Lipinski definition) is 1. The number of benzene rings is 1. The van der Waals surface area contributed by atoms with Gasteiger partial charge in [-0.15, -0.1) is 23.1 Å². The fourth-order valence-electron chi connectivity index (χ4n) is 1.37. The van der Waals surface area contributed by atoms with Crippen LogP contribution >= 0.6 is 35.7 Å². The maximum atomic E-state index is 4.51. The predicted octanol–water partition coefficient (Wildman–Crippen LogP) is 4.35. The molecule has 0 radical (unpaired) electrons. The van der Waals surface area contributed by atoms with Crippen LogP contribution in [0, 0.1) is 0 Å². The molecule has 0 N–H and O–H groups in total. The molecule has 1 heterocycles. The van der Waals surface area contributed by atoms with Crippen LogP contribution < -0.4 is 0 Å². The standard InChI is InChI=1S/C12H13NS3/c1-2-15-11-5-3-9(4-6-11)12-13-10(7-14)8-16-12/h3-6,8,14H,2,7H2,1H3. The van der Waals surface area contributed by atoms with E-state index in [2.05, 4.69) is 54.2 Å². The fourth-order valence-corrected chi connectivity index (χ4v) is 3.15. The highest BCUT2D eigenvalue weighted by Crippen LogP contribution is 2.26. The molecule has 2 aromatic rings. The third-order valence-corrected chi connectivity index (χ3v) is 4.28. The Kier molecular flexibility index (Phi) is 4.32. The molecule has 1 aromatic carbocycles. The monoisotopic (exact) mass is 267 g/mol. The minimum absolute atomic E-state index is 0.709. The minimum Gasteiger partial charge on any atom is -0.240 e. The van der Waals surface area contributed by atoms with E-state index in [1.807, 2.05) is 11.8 Å². The molecule has 0 saturated carbocycles. The number of thiazole rings is 1. The van der Waals surface area contributed by atoms with Crippen molar-refractivity contribution in [3.05, 3.63) is 35.3 Å². The van der Waals surface area contributed by atoms with E-state index >= 15 is 0 Å². The Labute approximate surface area is 110 Å². The molecular formula is C12H13NS3. The van der Waals surface area contributed by atoms with Gasteiger partial charge in [-0.3, -0.25) is 0 Å². The van der Waals surface area contributed by atoms with Crippen molar-refractivity contribution in [2.45, 2.75) is 17.6 Å². The van der Waals surface area contributed by atoms with Crippen LogP contribution in [0.15, 0.2) is 34.5 Å². The Morgan fingerprint density at radius 1 is 1.31 bits per heavy atom. The fraction of sp³-hybridized carbons (Fsp3) is 0.250. The lowest BCUT2D eigenvalue weighted by atomic mass is 10.2. The molecule has 0 atom stereocenters. The van der Waals surface area contributed by atoms with Gasteiger partial charge in [0.1, 0.15) is 5.01 Å². The summed E-state index contributed by atoms with van der Waals surface area (Å²) in [6.45, 7) is 2.17. The van der Waals surface area contributed by atoms with E-state index in [-0.39, 0.29) is 0 Å². The van der Waals surface area contributed by atoms with E-state index in [1.165, 1.54) is 10.5 Å². The quantitative estimate of drug-likeness (QED) is 0.653. The van der Waals surface area contributed by atoms with Gasteiger partial charge in [-0.2, -0.15) is 12.6 Å². The van der Waals surface area contributed by atoms with E-state index in [0.717, 1.165) is 16.5 Å². The highest BCUT2D eigenvalue weighted by molar-refractivity contribution is 7.99. The first kappa shape index (κ1) is 12.0. The third kappa shape index (κ3) is 2.81. The number of thioether (sulfide) groups is 1. The van der Waals surface area contributed by atoms with Crippen molar-refractivity contribution in [3.8, 4) is 10.6 Å². The molecule has 0 aliphatic carbocycles. The molecule has 84 valence electrons. The van der Waals surface area contributed by atoms with Crippen LogP contribution in [0.3, 0.4) is 0 Å². The summed E-state index contributed by atoms with van der Waals surface area (Å²) < 4.78 is 0. The van der Waals surface area contributed by atoms with Gasteiger partial charge in [-0.05, 0) is 17.9 Å². The number of aromatic nitrogens is 1. The Bertz CT molecular complexity index is 448. The molecule has 0 bridgehead atoms. The zero-order chi connectivity index (χ0) is 11.4. The van der Waals surface area contributed by atoms with Crippen molar-refractivity contribution >= 4 is 35.7 Å². The molecule has 0 amide bonds. The molecule has 1 nitrogen and oxygen atoms in total. The summed E-state index contributed by atoms with van der Waals surface area (Å²) in [5.41, 5.74) is 2.24. The van der Waals surface area contributed by atoms with Gasteiger partial charge in [0.25, 0.3) is 0 Å². The smallest absolute Gasteiger partial charge is 0.123 e. The van der Waals surface area contributed by atoms with Crippen LogP contribution in [0.4, 0.5) is 0 Å². The second kappa shape index (κ2) is 5.75. The highest BCUT2D eigenvalue weighted by Gasteiger charge is 2.03. The lowest BCUT2D eigenvalue weighted by Gasteiger charge is -1.99. The Hall–Kier alpha value is -0.450. The number of thiol groups is 1. The van der Waals surface area contributed by atoms with Crippen molar-refractivity contribution in [2.75, 3.05) is 5.75 Å². The van der Waals surface area contributed by atoms with Crippen LogP contribution in [-0.4, -0.2) is 10.7 Å². The molecule has 0 aliphatic rings. The average molecular weight is 267 g/mol. The normalized spacial score (nSPS) is 10.6. The largest absolute Gasteiger partial charge is 0.240 e. The zero-order valence-corrected chi connectivity index (χ0v) is 11.5. The third-order valence-electron chi connectivity index (χ3n) is 2.13. The minimum atomic E-state index is 0.709. The van der Waals surface area contributed by atoms with E-state index in [1.54, 1.807) is 11.3 Å². The Morgan fingerprint density at radius 2 is 2.06 bits per heavy atom. The molecular weight excluding hydrogens is 254 g/mol. The molecule has 0 aliphatic heterocycles. The summed E-state index contributed by atoms with van der Waals surface area (Å²) in [7, 11) is 0. The summed E-state index contributed by atoms with van der Waals surface area (Å²) in [4.78, 5) is 5.83. The Balaban J connectivity index is 2.20. The number of rotatable bonds is 4. The summed E-state index contributed by atoms with van der Waals surface area (Å²) in [5, 5.41) is 3.15. The van der Waals surface area contributed by atoms with Crippen molar-refractivity contribution in [2.24, 2.45) is 0 Å². The SMILES string of the molecule is CCSc1ccc(-c2nc(CS)cs2)cc1. The summed E-state index contributed by atoms with van der Waals surface area (Å²) in [6.07, 6.45) is 0. The van der Waals surface area contributed by atoms with Gasteiger partial charge in [0.05, 0.1) is 5.69 Å². The van der Waals surface area contributed by atoms with E-state index < -0.39 is 0 Å². The van der Waals surface area contributed by atoms with Crippen molar-refractivity contribution < 1.29 is 0 Å². The predicted molar refractivity (Wildman–Crippen MR) is 76.6 cm³/mol. The average Bonchev–Trinajstić information content (AvgIpc) is 2.79. The summed E-state index contributed by atoms with van der Waals surface area (Å²) in [6, 6.07) is 8.59. The first-order valence-electron chi connectivity index (χ1n) is 5.12. The maximum Gasteiger partial charge on any atom is 0.123 e. The maximum absolute atomic E-state index is 4.51. The van der Waals surface area contributed by atoms with Crippen LogP contribution in [-0.2, 0) is 5.75 Å². The van der Waals surface area contributed by atoms with Gasteiger partial charge in [0, 0.05) is 21.6 Å². The summed E-state index contributed by atoms with van der Waals surface area (Å²) >= 11 is 7.76. The zero-order valence-electron chi connectivity index (χ0n) is 9.01. The van der Waals surface area contributed by atoms with Crippen LogP contribution in [0.1, 0.15) is 12.6 Å². The molecule has 1 aromatic heterocycles. The van der Waals surface area contributed by atoms with Gasteiger partial charge < -0.3 is 0 Å². The highest BCUT2D eigenvalue weighted by atomic mass is 32.2. The van der Waals surface area contributed by atoms with Gasteiger partial charge in [0.2, 0.25) is 0 Å². The second-order valence-corrected chi connectivity index (χ2v) is 5.77.